The van der Waals surface area contributed by atoms with Crippen molar-refractivity contribution in [2.75, 3.05) is 0 Å². The number of ketones is 1. The van der Waals surface area contributed by atoms with Crippen LogP contribution in [0.4, 0.5) is 13.2 Å². The van der Waals surface area contributed by atoms with Gasteiger partial charge in [-0.25, -0.2) is 23.1 Å². The van der Waals surface area contributed by atoms with E-state index in [1.54, 1.807) is 0 Å². The van der Waals surface area contributed by atoms with Crippen LogP contribution in [0.5, 0.6) is 0 Å². The number of halogens is 3. The van der Waals surface area contributed by atoms with Gasteiger partial charge in [0.2, 0.25) is 5.78 Å². The number of hydrogen-bond donors (Lipinski definition) is 0. The monoisotopic (exact) mass is 238 g/mol. The van der Waals surface area contributed by atoms with Crippen LogP contribution in [0, 0.1) is 17.5 Å². The fourth-order valence-corrected chi connectivity index (χ4v) is 1.32. The van der Waals surface area contributed by atoms with Crippen molar-refractivity contribution in [3.8, 4) is 0 Å². The van der Waals surface area contributed by atoms with Crippen molar-refractivity contribution in [1.29, 1.82) is 0 Å². The number of hydrogen-bond acceptors (Lipinski definition) is 3. The lowest BCUT2D eigenvalue weighted by Crippen LogP contribution is -2.08. The van der Waals surface area contributed by atoms with Crippen LogP contribution in [0.1, 0.15) is 15.9 Å². The Balaban J connectivity index is 2.52. The van der Waals surface area contributed by atoms with Gasteiger partial charge in [0.05, 0.1) is 11.1 Å². The molecule has 0 amide bonds. The van der Waals surface area contributed by atoms with Crippen LogP contribution in [0.25, 0.3) is 0 Å². The van der Waals surface area contributed by atoms with Crippen molar-refractivity contribution in [3.05, 3.63) is 59.4 Å². The Kier molecular flexibility index (Phi) is 2.86. The molecule has 0 bridgehead atoms. The first kappa shape index (κ1) is 11.3. The molecule has 6 heteroatoms. The number of rotatable bonds is 2. The highest BCUT2D eigenvalue weighted by atomic mass is 19.1. The van der Waals surface area contributed by atoms with E-state index in [0.717, 1.165) is 12.4 Å². The number of benzene rings is 1. The third-order valence-electron chi connectivity index (χ3n) is 2.06. The van der Waals surface area contributed by atoms with Gasteiger partial charge in [0.1, 0.15) is 23.8 Å². The van der Waals surface area contributed by atoms with E-state index in [4.69, 9.17) is 0 Å². The molecule has 0 saturated heterocycles. The fraction of sp³-hybridized carbons (Fsp3) is 0. The second-order valence-corrected chi connectivity index (χ2v) is 3.20. The summed E-state index contributed by atoms with van der Waals surface area (Å²) in [5.74, 6) is -4.52. The van der Waals surface area contributed by atoms with Crippen LogP contribution in [0.15, 0.2) is 30.9 Å². The molecule has 0 N–H and O–H groups in total. The van der Waals surface area contributed by atoms with Gasteiger partial charge in [-0.2, -0.15) is 0 Å². The first-order valence-corrected chi connectivity index (χ1v) is 4.54. The van der Waals surface area contributed by atoms with Gasteiger partial charge in [0, 0.05) is 24.5 Å². The van der Waals surface area contributed by atoms with Gasteiger partial charge in [0.25, 0.3) is 0 Å². The number of carbonyl (C=O) groups is 1. The van der Waals surface area contributed by atoms with Gasteiger partial charge in [-0.3, -0.25) is 4.79 Å². The summed E-state index contributed by atoms with van der Waals surface area (Å²) in [5.41, 5.74) is -0.891. The average Bonchev–Trinajstić information content (AvgIpc) is 2.28. The van der Waals surface area contributed by atoms with E-state index in [9.17, 15) is 18.0 Å². The molecule has 1 heterocycles. The highest BCUT2D eigenvalue weighted by Crippen LogP contribution is 2.18. The second kappa shape index (κ2) is 4.32. The minimum atomic E-state index is -1.25. The highest BCUT2D eigenvalue weighted by Gasteiger charge is 2.20. The van der Waals surface area contributed by atoms with E-state index in [-0.39, 0.29) is 5.56 Å². The zero-order chi connectivity index (χ0) is 12.4. The van der Waals surface area contributed by atoms with E-state index < -0.39 is 28.8 Å². The zero-order valence-electron chi connectivity index (χ0n) is 8.32. The van der Waals surface area contributed by atoms with Crippen molar-refractivity contribution in [2.24, 2.45) is 0 Å². The van der Waals surface area contributed by atoms with Crippen LogP contribution in [0.3, 0.4) is 0 Å². The Morgan fingerprint density at radius 1 is 1.00 bits per heavy atom. The molecule has 17 heavy (non-hydrogen) atoms. The van der Waals surface area contributed by atoms with Crippen molar-refractivity contribution in [2.45, 2.75) is 0 Å². The molecule has 2 rings (SSSR count). The standard InChI is InChI=1S/C11H5F3N2O/c12-7-1-8(13)10(9(14)2-7)11(17)6-3-15-5-16-4-6/h1-5H. The number of aromatic nitrogens is 2. The lowest BCUT2D eigenvalue weighted by molar-refractivity contribution is 0.103. The highest BCUT2D eigenvalue weighted by molar-refractivity contribution is 6.08. The van der Waals surface area contributed by atoms with Crippen LogP contribution in [-0.2, 0) is 0 Å². The molecule has 0 spiro atoms. The molecule has 0 aliphatic heterocycles. The average molecular weight is 238 g/mol. The SMILES string of the molecule is O=C(c1cncnc1)c1c(F)cc(F)cc1F. The molecule has 0 aliphatic rings. The molecule has 0 radical (unpaired) electrons. The first-order valence-electron chi connectivity index (χ1n) is 4.54. The summed E-state index contributed by atoms with van der Waals surface area (Å²) in [4.78, 5) is 18.8. The van der Waals surface area contributed by atoms with Crippen molar-refractivity contribution in [1.82, 2.24) is 9.97 Å². The van der Waals surface area contributed by atoms with Crippen molar-refractivity contribution >= 4 is 5.78 Å². The third-order valence-corrected chi connectivity index (χ3v) is 2.06. The Morgan fingerprint density at radius 2 is 1.53 bits per heavy atom. The minimum Gasteiger partial charge on any atom is -0.288 e. The summed E-state index contributed by atoms with van der Waals surface area (Å²) >= 11 is 0. The normalized spacial score (nSPS) is 10.3. The van der Waals surface area contributed by atoms with Crippen molar-refractivity contribution in [3.63, 3.8) is 0 Å². The molecule has 1 aromatic carbocycles. The lowest BCUT2D eigenvalue weighted by Gasteiger charge is -2.03. The third kappa shape index (κ3) is 2.15. The second-order valence-electron chi connectivity index (χ2n) is 3.20. The summed E-state index contributed by atoms with van der Waals surface area (Å²) in [6.45, 7) is 0. The summed E-state index contributed by atoms with van der Waals surface area (Å²) in [5, 5.41) is 0. The Labute approximate surface area is 94.0 Å². The van der Waals surface area contributed by atoms with Gasteiger partial charge >= 0.3 is 0 Å². The molecular weight excluding hydrogens is 233 g/mol. The Morgan fingerprint density at radius 3 is 2.06 bits per heavy atom. The molecule has 0 fully saturated rings. The van der Waals surface area contributed by atoms with Gasteiger partial charge in [-0.05, 0) is 0 Å². The van der Waals surface area contributed by atoms with E-state index in [2.05, 4.69) is 9.97 Å². The van der Waals surface area contributed by atoms with Crippen LogP contribution < -0.4 is 0 Å². The van der Waals surface area contributed by atoms with Gasteiger partial charge in [-0.15, -0.1) is 0 Å². The maximum atomic E-state index is 13.3. The van der Waals surface area contributed by atoms with Crippen molar-refractivity contribution < 1.29 is 18.0 Å². The van der Waals surface area contributed by atoms with Gasteiger partial charge in [0.15, 0.2) is 0 Å². The summed E-state index contributed by atoms with van der Waals surface area (Å²) in [6.07, 6.45) is 3.42. The summed E-state index contributed by atoms with van der Waals surface area (Å²) in [7, 11) is 0. The summed E-state index contributed by atoms with van der Waals surface area (Å²) < 4.78 is 39.3. The van der Waals surface area contributed by atoms with Crippen LogP contribution in [0.2, 0.25) is 0 Å². The predicted molar refractivity (Wildman–Crippen MR) is 51.8 cm³/mol. The van der Waals surface area contributed by atoms with Crippen LogP contribution >= 0.6 is 0 Å². The molecule has 1 aromatic heterocycles. The van der Waals surface area contributed by atoms with Gasteiger partial charge in [-0.1, -0.05) is 0 Å². The fourth-order valence-electron chi connectivity index (χ4n) is 1.32. The maximum Gasteiger partial charge on any atom is 0.202 e. The van der Waals surface area contributed by atoms with E-state index >= 15 is 0 Å². The molecular formula is C11H5F3N2O. The Bertz CT molecular complexity index is 549. The van der Waals surface area contributed by atoms with E-state index in [0.29, 0.717) is 12.1 Å². The largest absolute Gasteiger partial charge is 0.288 e. The maximum absolute atomic E-state index is 13.3. The lowest BCUT2D eigenvalue weighted by atomic mass is 10.0. The van der Waals surface area contributed by atoms with Crippen LogP contribution in [-0.4, -0.2) is 15.8 Å². The number of nitrogens with zero attached hydrogens (tertiary/aromatic N) is 2. The molecule has 0 unspecified atom stereocenters. The Hall–Kier alpha value is -2.24. The smallest absolute Gasteiger partial charge is 0.202 e. The molecule has 0 saturated carbocycles. The predicted octanol–water partition coefficient (Wildman–Crippen LogP) is 2.12. The quantitative estimate of drug-likeness (QED) is 0.752. The zero-order valence-corrected chi connectivity index (χ0v) is 8.32. The first-order chi connectivity index (χ1) is 8.09. The summed E-state index contributed by atoms with van der Waals surface area (Å²) in [6, 6.07) is 0.889. The van der Waals surface area contributed by atoms with E-state index in [1.165, 1.54) is 6.33 Å². The molecule has 3 nitrogen and oxygen atoms in total. The van der Waals surface area contributed by atoms with E-state index in [1.807, 2.05) is 0 Å². The van der Waals surface area contributed by atoms with Gasteiger partial charge < -0.3 is 0 Å². The minimum absolute atomic E-state index is 0.0723. The number of carbonyl (C=O) groups excluding carboxylic acids is 1. The molecule has 86 valence electrons. The topological polar surface area (TPSA) is 42.9 Å². The molecule has 0 aliphatic carbocycles. The molecule has 2 aromatic rings. The molecule has 0 atom stereocenters.